The molecule has 1 atom stereocenters. The van der Waals surface area contributed by atoms with Crippen LogP contribution in [0.4, 0.5) is 0 Å². The molecule has 0 fully saturated rings. The maximum atomic E-state index is 12.2. The van der Waals surface area contributed by atoms with Crippen LogP contribution in [0.15, 0.2) is 29.3 Å². The van der Waals surface area contributed by atoms with Crippen LogP contribution in [0.25, 0.3) is 5.00 Å². The van der Waals surface area contributed by atoms with Crippen molar-refractivity contribution < 1.29 is 4.79 Å². The molecule has 3 heterocycles. The van der Waals surface area contributed by atoms with Gasteiger partial charge in [-0.1, -0.05) is 23.7 Å². The third kappa shape index (κ3) is 3.09. The van der Waals surface area contributed by atoms with Crippen molar-refractivity contribution in [3.05, 3.63) is 62.5 Å². The maximum absolute atomic E-state index is 12.2. The van der Waals surface area contributed by atoms with Crippen LogP contribution in [-0.4, -0.2) is 32.8 Å². The van der Waals surface area contributed by atoms with E-state index in [9.17, 15) is 4.79 Å². The summed E-state index contributed by atoms with van der Waals surface area (Å²) in [6.45, 7) is 6.10. The predicted molar refractivity (Wildman–Crippen MR) is 112 cm³/mol. The Hall–Kier alpha value is -2.35. The highest BCUT2D eigenvalue weighted by molar-refractivity contribution is 7.15. The summed E-state index contributed by atoms with van der Waals surface area (Å²) in [5, 5.41) is 10.3. The minimum atomic E-state index is -0.442. The van der Waals surface area contributed by atoms with Crippen molar-refractivity contribution in [3.8, 4) is 5.00 Å². The molecule has 2 aromatic heterocycles. The smallest absolute Gasteiger partial charge is 0.163 e. The lowest BCUT2D eigenvalue weighted by Gasteiger charge is -2.11. The molecular formula is C20H20ClN5OS. The largest absolute Gasteiger partial charge is 0.324 e. The summed E-state index contributed by atoms with van der Waals surface area (Å²) >= 11 is 7.78. The first-order valence-electron chi connectivity index (χ1n) is 8.98. The van der Waals surface area contributed by atoms with E-state index in [-0.39, 0.29) is 18.7 Å². The van der Waals surface area contributed by atoms with Crippen LogP contribution in [0.3, 0.4) is 0 Å². The fourth-order valence-electron chi connectivity index (χ4n) is 3.43. The maximum Gasteiger partial charge on any atom is 0.163 e. The monoisotopic (exact) mass is 413 g/mol. The van der Waals surface area contributed by atoms with Crippen LogP contribution in [0.2, 0.25) is 5.02 Å². The van der Waals surface area contributed by atoms with Crippen molar-refractivity contribution in [2.24, 2.45) is 10.7 Å². The molecular weight excluding hydrogens is 394 g/mol. The number of fused-ring (bicyclic) bond motifs is 3. The highest BCUT2D eigenvalue weighted by Crippen LogP contribution is 2.39. The third-order valence-electron chi connectivity index (χ3n) is 5.01. The zero-order chi connectivity index (χ0) is 20.0. The van der Waals surface area contributed by atoms with E-state index in [0.29, 0.717) is 10.8 Å². The summed E-state index contributed by atoms with van der Waals surface area (Å²) in [7, 11) is 0. The molecule has 28 heavy (non-hydrogen) atoms. The molecule has 0 saturated carbocycles. The summed E-state index contributed by atoms with van der Waals surface area (Å²) in [6.07, 6.45) is 0.193. The number of aryl methyl sites for hydroxylation is 2. The minimum Gasteiger partial charge on any atom is -0.324 e. The molecule has 0 unspecified atom stereocenters. The van der Waals surface area contributed by atoms with Crippen molar-refractivity contribution in [3.63, 3.8) is 0 Å². The summed E-state index contributed by atoms with van der Waals surface area (Å²) in [4.78, 5) is 18.4. The average Bonchev–Trinajstić information content (AvgIpc) is 3.15. The number of aliphatic imine (C=N–C) groups is 1. The number of hydrogen-bond acceptors (Lipinski definition) is 6. The lowest BCUT2D eigenvalue weighted by Crippen LogP contribution is -2.18. The van der Waals surface area contributed by atoms with E-state index in [0.717, 1.165) is 27.7 Å². The molecule has 0 aliphatic carbocycles. The lowest BCUT2D eigenvalue weighted by atomic mass is 9.99. The van der Waals surface area contributed by atoms with Gasteiger partial charge >= 0.3 is 0 Å². The first kappa shape index (κ1) is 19.0. The Balaban J connectivity index is 2.01. The van der Waals surface area contributed by atoms with Crippen LogP contribution < -0.4 is 5.73 Å². The van der Waals surface area contributed by atoms with Gasteiger partial charge in [-0.2, -0.15) is 0 Å². The van der Waals surface area contributed by atoms with Crippen molar-refractivity contribution >= 4 is 34.4 Å². The molecule has 1 aromatic carbocycles. The number of nitrogens with zero attached hydrogens (tertiary/aromatic N) is 4. The molecule has 0 spiro atoms. The molecule has 1 aliphatic heterocycles. The van der Waals surface area contributed by atoms with Gasteiger partial charge in [0.25, 0.3) is 0 Å². The topological polar surface area (TPSA) is 86.2 Å². The number of thiophene rings is 1. The number of Topliss-reactive ketones (excluding diaryl/α,β-unsaturated/α-hetero) is 1. The predicted octanol–water partition coefficient (Wildman–Crippen LogP) is 3.72. The van der Waals surface area contributed by atoms with Crippen molar-refractivity contribution in [2.45, 2.75) is 33.2 Å². The van der Waals surface area contributed by atoms with E-state index < -0.39 is 6.04 Å². The van der Waals surface area contributed by atoms with E-state index in [4.69, 9.17) is 22.3 Å². The fraction of sp³-hybridized carbons (Fsp3) is 0.300. The summed E-state index contributed by atoms with van der Waals surface area (Å²) in [6, 6.07) is 7.17. The Morgan fingerprint density at radius 1 is 1.21 bits per heavy atom. The number of benzene rings is 1. The Kier molecular flexibility index (Phi) is 4.91. The number of nitrogens with two attached hydrogens (primary N) is 1. The molecule has 1 aliphatic rings. The summed E-state index contributed by atoms with van der Waals surface area (Å²) in [5.74, 6) is 1.38. The molecule has 0 bridgehead atoms. The molecule has 0 amide bonds. The number of aromatic nitrogens is 3. The minimum absolute atomic E-state index is 0.0185. The van der Waals surface area contributed by atoms with Gasteiger partial charge in [-0.05, 0) is 38.5 Å². The second-order valence-corrected chi connectivity index (χ2v) is 8.49. The number of halogens is 1. The van der Waals surface area contributed by atoms with Crippen LogP contribution in [-0.2, 0) is 4.79 Å². The number of carbonyl (C=O) groups excluding carboxylic acids is 1. The molecule has 6 nitrogen and oxygen atoms in total. The zero-order valence-corrected chi connectivity index (χ0v) is 17.4. The Labute approximate surface area is 172 Å². The SMILES string of the molecule is Cc1sc2c(c1C)C(c1ccc(Cl)cc1)=N[C@H](CC(=O)CN)c1nnc(C)n1-2. The number of rotatable bonds is 4. The Morgan fingerprint density at radius 2 is 1.93 bits per heavy atom. The van der Waals surface area contributed by atoms with Gasteiger partial charge in [-0.25, -0.2) is 0 Å². The second kappa shape index (κ2) is 7.24. The molecule has 4 rings (SSSR count). The molecule has 0 radical (unpaired) electrons. The third-order valence-corrected chi connectivity index (χ3v) is 6.45. The molecule has 144 valence electrons. The first-order valence-corrected chi connectivity index (χ1v) is 10.2. The molecule has 8 heteroatoms. The van der Waals surface area contributed by atoms with Gasteiger partial charge in [0.05, 0.1) is 12.3 Å². The van der Waals surface area contributed by atoms with Gasteiger partial charge in [0.2, 0.25) is 0 Å². The summed E-state index contributed by atoms with van der Waals surface area (Å²) < 4.78 is 2.03. The van der Waals surface area contributed by atoms with Gasteiger partial charge < -0.3 is 5.73 Å². The van der Waals surface area contributed by atoms with Crippen LogP contribution in [0, 0.1) is 20.8 Å². The van der Waals surface area contributed by atoms with E-state index >= 15 is 0 Å². The number of carbonyl (C=O) groups is 1. The summed E-state index contributed by atoms with van der Waals surface area (Å²) in [5.41, 5.74) is 9.58. The Morgan fingerprint density at radius 3 is 2.61 bits per heavy atom. The standard InChI is InChI=1S/C20H20ClN5OS/c1-10-11(2)28-20-17(10)18(13-4-6-14(21)7-5-13)23-16(8-15(27)9-22)19-25-24-12(3)26(19)20/h4-7,16H,8-9,22H2,1-3H3/t16-/m1/s1. The average molecular weight is 414 g/mol. The molecule has 3 aromatic rings. The highest BCUT2D eigenvalue weighted by atomic mass is 35.5. The van der Waals surface area contributed by atoms with Gasteiger partial charge in [0.1, 0.15) is 22.7 Å². The van der Waals surface area contributed by atoms with Gasteiger partial charge in [0, 0.05) is 27.4 Å². The van der Waals surface area contributed by atoms with Crippen molar-refractivity contribution in [2.75, 3.05) is 6.54 Å². The highest BCUT2D eigenvalue weighted by Gasteiger charge is 2.32. The van der Waals surface area contributed by atoms with Gasteiger partial charge in [-0.3, -0.25) is 14.4 Å². The quantitative estimate of drug-likeness (QED) is 0.706. The van der Waals surface area contributed by atoms with Gasteiger partial charge in [-0.15, -0.1) is 21.5 Å². The van der Waals surface area contributed by atoms with Crippen molar-refractivity contribution in [1.82, 2.24) is 14.8 Å². The van der Waals surface area contributed by atoms with E-state index in [2.05, 4.69) is 24.0 Å². The number of hydrogen-bond donors (Lipinski definition) is 1. The Bertz CT molecular complexity index is 1100. The van der Waals surface area contributed by atoms with Crippen LogP contribution in [0.1, 0.15) is 45.7 Å². The molecule has 2 N–H and O–H groups in total. The second-order valence-electron chi connectivity index (χ2n) is 6.85. The zero-order valence-electron chi connectivity index (χ0n) is 15.9. The number of ketones is 1. The van der Waals surface area contributed by atoms with Crippen LogP contribution >= 0.6 is 22.9 Å². The lowest BCUT2D eigenvalue weighted by molar-refractivity contribution is -0.118. The van der Waals surface area contributed by atoms with Crippen molar-refractivity contribution in [1.29, 1.82) is 0 Å². The normalized spacial score (nSPS) is 15.6. The van der Waals surface area contributed by atoms with Gasteiger partial charge in [0.15, 0.2) is 5.82 Å². The first-order chi connectivity index (χ1) is 13.4. The van der Waals surface area contributed by atoms with E-state index in [1.807, 2.05) is 35.8 Å². The fourth-order valence-corrected chi connectivity index (χ4v) is 4.77. The van der Waals surface area contributed by atoms with E-state index in [1.54, 1.807) is 11.3 Å². The van der Waals surface area contributed by atoms with Crippen LogP contribution in [0.5, 0.6) is 0 Å². The molecule has 0 saturated heterocycles. The van der Waals surface area contributed by atoms with E-state index in [1.165, 1.54) is 10.4 Å².